The summed E-state index contributed by atoms with van der Waals surface area (Å²) in [6.45, 7) is 7.45. The number of nitrogens with zero attached hydrogens (tertiary/aromatic N) is 4. The second-order valence-electron chi connectivity index (χ2n) is 4.60. The van der Waals surface area contributed by atoms with Crippen LogP contribution in [-0.2, 0) is 13.1 Å². The van der Waals surface area contributed by atoms with Gasteiger partial charge in [0.1, 0.15) is 0 Å². The molecule has 0 aliphatic carbocycles. The van der Waals surface area contributed by atoms with Crippen molar-refractivity contribution in [1.29, 1.82) is 0 Å². The highest BCUT2D eigenvalue weighted by Crippen LogP contribution is 2.14. The van der Waals surface area contributed by atoms with Crippen molar-refractivity contribution in [3.8, 4) is 0 Å². The lowest BCUT2D eigenvalue weighted by Crippen LogP contribution is -2.14. The molecule has 0 aliphatic heterocycles. The Morgan fingerprint density at radius 3 is 2.74 bits per heavy atom. The Bertz CT molecular complexity index is 501. The summed E-state index contributed by atoms with van der Waals surface area (Å²) >= 11 is 0. The Morgan fingerprint density at radius 1 is 1.32 bits per heavy atom. The predicted octanol–water partition coefficient (Wildman–Crippen LogP) is 2.23. The molecule has 0 saturated heterocycles. The lowest BCUT2D eigenvalue weighted by Gasteiger charge is -2.12. The van der Waals surface area contributed by atoms with Crippen molar-refractivity contribution in [2.45, 2.75) is 52.7 Å². The van der Waals surface area contributed by atoms with Gasteiger partial charge in [0.2, 0.25) is 5.89 Å². The third-order valence-electron chi connectivity index (χ3n) is 3.13. The van der Waals surface area contributed by atoms with Crippen LogP contribution >= 0.6 is 0 Å². The molecule has 6 heteroatoms. The van der Waals surface area contributed by atoms with E-state index in [-0.39, 0.29) is 0 Å². The van der Waals surface area contributed by atoms with E-state index in [1.54, 1.807) is 0 Å². The first kappa shape index (κ1) is 13.7. The second kappa shape index (κ2) is 6.47. The average Bonchev–Trinajstić information content (AvgIpc) is 3.01. The van der Waals surface area contributed by atoms with Gasteiger partial charge in [-0.15, -0.1) is 0 Å². The molecular formula is C13H21N5O. The number of nitrogens with one attached hydrogen (secondary N) is 1. The minimum absolute atomic E-state index is 0.493. The quantitative estimate of drug-likeness (QED) is 0.829. The summed E-state index contributed by atoms with van der Waals surface area (Å²) in [5.41, 5.74) is 1.03. The lowest BCUT2D eigenvalue weighted by atomic mass is 10.2. The van der Waals surface area contributed by atoms with Crippen molar-refractivity contribution in [2.24, 2.45) is 0 Å². The van der Waals surface area contributed by atoms with Gasteiger partial charge in [-0.3, -0.25) is 4.68 Å². The predicted molar refractivity (Wildman–Crippen MR) is 71.4 cm³/mol. The van der Waals surface area contributed by atoms with Gasteiger partial charge in [0.15, 0.2) is 5.82 Å². The van der Waals surface area contributed by atoms with Gasteiger partial charge in [-0.2, -0.15) is 10.1 Å². The van der Waals surface area contributed by atoms with Crippen molar-refractivity contribution in [2.75, 3.05) is 0 Å². The first-order chi connectivity index (χ1) is 9.22. The van der Waals surface area contributed by atoms with E-state index in [1.165, 1.54) is 0 Å². The fourth-order valence-electron chi connectivity index (χ4n) is 2.05. The zero-order valence-corrected chi connectivity index (χ0v) is 11.8. The lowest BCUT2D eigenvalue weighted by molar-refractivity contribution is 0.363. The zero-order chi connectivity index (χ0) is 13.7. The van der Waals surface area contributed by atoms with Gasteiger partial charge in [0, 0.05) is 12.7 Å². The summed E-state index contributed by atoms with van der Waals surface area (Å²) in [7, 11) is 0. The topological polar surface area (TPSA) is 68.8 Å². The molecule has 0 fully saturated rings. The molecule has 0 bridgehead atoms. The summed E-state index contributed by atoms with van der Waals surface area (Å²) in [5, 5.41) is 11.6. The van der Waals surface area contributed by atoms with E-state index in [1.807, 2.05) is 23.9 Å². The second-order valence-corrected chi connectivity index (χ2v) is 4.60. The van der Waals surface area contributed by atoms with E-state index in [2.05, 4.69) is 34.4 Å². The molecule has 0 saturated carbocycles. The highest BCUT2D eigenvalue weighted by atomic mass is 16.5. The molecule has 19 heavy (non-hydrogen) atoms. The van der Waals surface area contributed by atoms with Crippen LogP contribution in [0.2, 0.25) is 0 Å². The van der Waals surface area contributed by atoms with Crippen molar-refractivity contribution >= 4 is 0 Å². The van der Waals surface area contributed by atoms with Crippen LogP contribution in [0.15, 0.2) is 16.8 Å². The third kappa shape index (κ3) is 3.64. The Labute approximate surface area is 113 Å². The Hall–Kier alpha value is -1.69. The maximum atomic E-state index is 5.03. The van der Waals surface area contributed by atoms with Crippen LogP contribution in [0.5, 0.6) is 0 Å². The summed E-state index contributed by atoms with van der Waals surface area (Å²) in [5.74, 6) is 1.27. The molecular weight excluding hydrogens is 242 g/mol. The van der Waals surface area contributed by atoms with Crippen molar-refractivity contribution in [3.05, 3.63) is 29.7 Å². The van der Waals surface area contributed by atoms with Gasteiger partial charge in [-0.05, 0) is 25.8 Å². The van der Waals surface area contributed by atoms with E-state index in [4.69, 9.17) is 4.52 Å². The van der Waals surface area contributed by atoms with Crippen LogP contribution in [0.1, 0.15) is 50.1 Å². The minimum Gasteiger partial charge on any atom is -0.338 e. The molecule has 0 atom stereocenters. The Kier molecular flexibility index (Phi) is 4.68. The molecule has 2 aromatic heterocycles. The first-order valence-electron chi connectivity index (χ1n) is 6.76. The zero-order valence-electron chi connectivity index (χ0n) is 11.8. The Morgan fingerprint density at radius 2 is 2.11 bits per heavy atom. The molecule has 0 aromatic carbocycles. The molecule has 104 valence electrons. The standard InChI is InChI=1S/C13H21N5O/c1-4-12(5-2)18-7-6-11(16-18)8-14-9-13-15-10(3)17-19-13/h6-7,12,14H,4-5,8-9H2,1-3H3. The molecule has 2 rings (SSSR count). The van der Waals surface area contributed by atoms with Crippen LogP contribution < -0.4 is 5.32 Å². The van der Waals surface area contributed by atoms with Gasteiger partial charge in [-0.1, -0.05) is 19.0 Å². The summed E-state index contributed by atoms with van der Waals surface area (Å²) in [6, 6.07) is 2.54. The number of aromatic nitrogens is 4. The normalized spacial score (nSPS) is 11.4. The van der Waals surface area contributed by atoms with Crippen LogP contribution in [0, 0.1) is 6.92 Å². The van der Waals surface area contributed by atoms with Gasteiger partial charge in [0.25, 0.3) is 0 Å². The molecule has 0 spiro atoms. The van der Waals surface area contributed by atoms with E-state index < -0.39 is 0 Å². The van der Waals surface area contributed by atoms with E-state index in [9.17, 15) is 0 Å². The maximum Gasteiger partial charge on any atom is 0.240 e. The van der Waals surface area contributed by atoms with Gasteiger partial charge < -0.3 is 9.84 Å². The van der Waals surface area contributed by atoms with E-state index in [0.717, 1.165) is 18.5 Å². The molecule has 2 aromatic rings. The minimum atomic E-state index is 0.493. The van der Waals surface area contributed by atoms with Crippen LogP contribution in [0.3, 0.4) is 0 Å². The monoisotopic (exact) mass is 263 g/mol. The summed E-state index contributed by atoms with van der Waals surface area (Å²) < 4.78 is 7.08. The fourth-order valence-corrected chi connectivity index (χ4v) is 2.05. The molecule has 0 radical (unpaired) electrons. The van der Waals surface area contributed by atoms with Gasteiger partial charge in [0.05, 0.1) is 18.3 Å². The third-order valence-corrected chi connectivity index (χ3v) is 3.13. The smallest absolute Gasteiger partial charge is 0.240 e. The van der Waals surface area contributed by atoms with Gasteiger partial charge in [-0.25, -0.2) is 0 Å². The molecule has 0 aliphatic rings. The largest absolute Gasteiger partial charge is 0.338 e. The summed E-state index contributed by atoms with van der Waals surface area (Å²) in [6.07, 6.45) is 4.25. The first-order valence-corrected chi connectivity index (χ1v) is 6.76. The SMILES string of the molecule is CCC(CC)n1ccc(CNCc2nc(C)no2)n1. The Balaban J connectivity index is 1.83. The number of hydrogen-bond donors (Lipinski definition) is 1. The number of aryl methyl sites for hydroxylation is 1. The molecule has 1 N–H and O–H groups in total. The molecule has 0 unspecified atom stereocenters. The van der Waals surface area contributed by atoms with Crippen molar-refractivity contribution < 1.29 is 4.52 Å². The number of rotatable bonds is 7. The molecule has 2 heterocycles. The van der Waals surface area contributed by atoms with Crippen molar-refractivity contribution in [3.63, 3.8) is 0 Å². The van der Waals surface area contributed by atoms with Gasteiger partial charge >= 0.3 is 0 Å². The molecule has 0 amide bonds. The fraction of sp³-hybridized carbons (Fsp3) is 0.615. The van der Waals surface area contributed by atoms with E-state index in [0.29, 0.717) is 30.8 Å². The van der Waals surface area contributed by atoms with Crippen molar-refractivity contribution in [1.82, 2.24) is 25.2 Å². The van der Waals surface area contributed by atoms with E-state index >= 15 is 0 Å². The number of hydrogen-bond acceptors (Lipinski definition) is 5. The highest BCUT2D eigenvalue weighted by molar-refractivity contribution is 4.99. The summed E-state index contributed by atoms with van der Waals surface area (Å²) in [4.78, 5) is 4.14. The van der Waals surface area contributed by atoms with Crippen LogP contribution in [-0.4, -0.2) is 19.9 Å². The van der Waals surface area contributed by atoms with Crippen LogP contribution in [0.25, 0.3) is 0 Å². The highest BCUT2D eigenvalue weighted by Gasteiger charge is 2.08. The molecule has 6 nitrogen and oxygen atoms in total. The average molecular weight is 263 g/mol. The van der Waals surface area contributed by atoms with Crippen LogP contribution in [0.4, 0.5) is 0 Å². The maximum absolute atomic E-state index is 5.03.